The van der Waals surface area contributed by atoms with Gasteiger partial charge in [0.1, 0.15) is 0 Å². The fraction of sp³-hybridized carbons (Fsp3) is 0.550. The highest BCUT2D eigenvalue weighted by atomic mass is 32.2. The smallest absolute Gasteiger partial charge is 0.166 e. The lowest BCUT2D eigenvalue weighted by Gasteiger charge is -2.22. The van der Waals surface area contributed by atoms with Crippen LogP contribution in [0, 0.1) is 12.8 Å². The van der Waals surface area contributed by atoms with Crippen LogP contribution in [0.5, 0.6) is 0 Å². The van der Waals surface area contributed by atoms with Crippen molar-refractivity contribution in [3.63, 3.8) is 0 Å². The van der Waals surface area contributed by atoms with Crippen LogP contribution >= 0.6 is 11.8 Å². The molecule has 0 spiro atoms. The zero-order valence-electron chi connectivity index (χ0n) is 15.0. The number of thioether (sulfide) groups is 1. The minimum atomic E-state index is 0.426. The van der Waals surface area contributed by atoms with Gasteiger partial charge in [0.05, 0.1) is 11.1 Å². The molecular formula is C20H31NOS. The number of aldehydes is 1. The van der Waals surface area contributed by atoms with Crippen molar-refractivity contribution in [2.75, 3.05) is 0 Å². The molecule has 1 heterocycles. The SMILES string of the molecule is CCCC(CCC)C1NC(C=O)=CS1.CCc1ccc(C)cc1. The standard InChI is InChI=1S/C11H19NOS.C9H12/c1-3-5-9(6-4-2)11-12-10(7-13)8-14-11;1-3-9-6-4-8(2)5-7-9/h7-9,11-12H,3-6H2,1-2H3;4-7H,3H2,1-2H3. The van der Waals surface area contributed by atoms with Crippen molar-refractivity contribution in [3.05, 3.63) is 46.5 Å². The molecule has 23 heavy (non-hydrogen) atoms. The van der Waals surface area contributed by atoms with Crippen LogP contribution in [0.3, 0.4) is 0 Å². The second-order valence-corrected chi connectivity index (χ2v) is 7.08. The lowest BCUT2D eigenvalue weighted by atomic mass is 9.98. The molecule has 1 N–H and O–H groups in total. The first kappa shape index (κ1) is 19.8. The molecule has 128 valence electrons. The van der Waals surface area contributed by atoms with Gasteiger partial charge in [-0.2, -0.15) is 0 Å². The van der Waals surface area contributed by atoms with Crippen LogP contribution in [0.15, 0.2) is 35.4 Å². The fourth-order valence-electron chi connectivity index (χ4n) is 2.68. The number of carbonyl (C=O) groups is 1. The molecule has 0 aliphatic carbocycles. The Hall–Kier alpha value is -1.22. The Bertz CT molecular complexity index is 475. The van der Waals surface area contributed by atoms with E-state index in [-0.39, 0.29) is 0 Å². The van der Waals surface area contributed by atoms with Crippen LogP contribution in [0.1, 0.15) is 57.6 Å². The highest BCUT2D eigenvalue weighted by molar-refractivity contribution is 8.03. The summed E-state index contributed by atoms with van der Waals surface area (Å²) >= 11 is 1.76. The second-order valence-electron chi connectivity index (χ2n) is 6.07. The summed E-state index contributed by atoms with van der Waals surface area (Å²) in [5.41, 5.74) is 3.50. The summed E-state index contributed by atoms with van der Waals surface area (Å²) in [6.07, 6.45) is 6.98. The van der Waals surface area contributed by atoms with Gasteiger partial charge in [-0.1, -0.05) is 63.4 Å². The van der Waals surface area contributed by atoms with Gasteiger partial charge in [-0.05, 0) is 43.1 Å². The summed E-state index contributed by atoms with van der Waals surface area (Å²) in [6, 6.07) is 8.66. The number of nitrogens with one attached hydrogen (secondary N) is 1. The van der Waals surface area contributed by atoms with E-state index < -0.39 is 0 Å². The maximum absolute atomic E-state index is 10.5. The summed E-state index contributed by atoms with van der Waals surface area (Å²) in [5.74, 6) is 0.698. The first-order chi connectivity index (χ1) is 11.1. The molecule has 0 aromatic heterocycles. The molecule has 0 saturated carbocycles. The topological polar surface area (TPSA) is 29.1 Å². The minimum absolute atomic E-state index is 0.426. The normalized spacial score (nSPS) is 16.4. The summed E-state index contributed by atoms with van der Waals surface area (Å²) in [7, 11) is 0. The number of hydrogen-bond acceptors (Lipinski definition) is 3. The molecule has 3 heteroatoms. The van der Waals surface area contributed by atoms with E-state index in [4.69, 9.17) is 0 Å². The minimum Gasteiger partial charge on any atom is -0.370 e. The predicted octanol–water partition coefficient (Wildman–Crippen LogP) is 5.46. The first-order valence-electron chi connectivity index (χ1n) is 8.77. The Morgan fingerprint density at radius 3 is 2.17 bits per heavy atom. The van der Waals surface area contributed by atoms with Crippen molar-refractivity contribution >= 4 is 18.0 Å². The molecule has 1 aliphatic heterocycles. The molecule has 1 aromatic rings. The number of aryl methyl sites for hydroxylation is 2. The average Bonchev–Trinajstić information content (AvgIpc) is 3.05. The van der Waals surface area contributed by atoms with Crippen molar-refractivity contribution in [1.82, 2.24) is 5.32 Å². The van der Waals surface area contributed by atoms with Crippen molar-refractivity contribution in [2.24, 2.45) is 5.92 Å². The quantitative estimate of drug-likeness (QED) is 0.671. The summed E-state index contributed by atoms with van der Waals surface area (Å²) in [6.45, 7) is 8.72. The van der Waals surface area contributed by atoms with Crippen LogP contribution in [-0.2, 0) is 11.2 Å². The molecule has 1 aromatic carbocycles. The molecular weight excluding hydrogens is 302 g/mol. The number of benzene rings is 1. The first-order valence-corrected chi connectivity index (χ1v) is 9.71. The predicted molar refractivity (Wildman–Crippen MR) is 103 cm³/mol. The van der Waals surface area contributed by atoms with E-state index in [9.17, 15) is 4.79 Å². The van der Waals surface area contributed by atoms with Crippen LogP contribution in [0.25, 0.3) is 0 Å². The Morgan fingerprint density at radius 2 is 1.74 bits per heavy atom. The Balaban J connectivity index is 0.000000253. The summed E-state index contributed by atoms with van der Waals surface area (Å²) < 4.78 is 0. The third-order valence-corrected chi connectivity index (χ3v) is 5.24. The molecule has 1 atom stereocenters. The Kier molecular flexibility index (Phi) is 9.77. The van der Waals surface area contributed by atoms with Gasteiger partial charge in [-0.25, -0.2) is 0 Å². The number of allylic oxidation sites excluding steroid dienone is 1. The molecule has 2 nitrogen and oxygen atoms in total. The van der Waals surface area contributed by atoms with Crippen LogP contribution in [-0.4, -0.2) is 11.7 Å². The van der Waals surface area contributed by atoms with E-state index in [0.717, 1.165) is 18.4 Å². The van der Waals surface area contributed by atoms with Crippen molar-refractivity contribution < 1.29 is 4.79 Å². The lowest BCUT2D eigenvalue weighted by molar-refractivity contribution is -0.105. The van der Waals surface area contributed by atoms with E-state index in [1.54, 1.807) is 11.8 Å². The third-order valence-electron chi connectivity index (χ3n) is 4.05. The van der Waals surface area contributed by atoms with Gasteiger partial charge in [-0.15, -0.1) is 11.8 Å². The summed E-state index contributed by atoms with van der Waals surface area (Å²) in [4.78, 5) is 10.5. The highest BCUT2D eigenvalue weighted by Crippen LogP contribution is 2.31. The van der Waals surface area contributed by atoms with Crippen molar-refractivity contribution in [1.29, 1.82) is 0 Å². The molecule has 0 fully saturated rings. The van der Waals surface area contributed by atoms with Gasteiger partial charge in [0, 0.05) is 0 Å². The third kappa shape index (κ3) is 7.26. The van der Waals surface area contributed by atoms with Gasteiger partial charge in [0.15, 0.2) is 6.29 Å². The zero-order chi connectivity index (χ0) is 17.1. The van der Waals surface area contributed by atoms with Gasteiger partial charge >= 0.3 is 0 Å². The maximum atomic E-state index is 10.5. The van der Waals surface area contributed by atoms with E-state index in [2.05, 4.69) is 57.3 Å². The van der Waals surface area contributed by atoms with Gasteiger partial charge in [0.25, 0.3) is 0 Å². The fourth-order valence-corrected chi connectivity index (χ4v) is 3.80. The highest BCUT2D eigenvalue weighted by Gasteiger charge is 2.24. The van der Waals surface area contributed by atoms with Crippen LogP contribution in [0.2, 0.25) is 0 Å². The van der Waals surface area contributed by atoms with E-state index >= 15 is 0 Å². The molecule has 1 aliphatic rings. The molecule has 0 saturated heterocycles. The molecule has 2 rings (SSSR count). The van der Waals surface area contributed by atoms with Crippen LogP contribution in [0.4, 0.5) is 0 Å². The number of rotatable bonds is 7. The van der Waals surface area contributed by atoms with Gasteiger partial charge < -0.3 is 5.32 Å². The largest absolute Gasteiger partial charge is 0.370 e. The van der Waals surface area contributed by atoms with E-state index in [0.29, 0.717) is 11.3 Å². The number of hydrogen-bond donors (Lipinski definition) is 1. The monoisotopic (exact) mass is 333 g/mol. The van der Waals surface area contributed by atoms with E-state index in [1.807, 2.05) is 5.41 Å². The van der Waals surface area contributed by atoms with Crippen molar-refractivity contribution in [3.8, 4) is 0 Å². The lowest BCUT2D eigenvalue weighted by Crippen LogP contribution is -2.29. The van der Waals surface area contributed by atoms with Crippen molar-refractivity contribution in [2.45, 2.75) is 65.2 Å². The molecule has 0 radical (unpaired) electrons. The zero-order valence-corrected chi connectivity index (χ0v) is 15.8. The Labute approximate surface area is 146 Å². The van der Waals surface area contributed by atoms with Gasteiger partial charge in [-0.3, -0.25) is 4.79 Å². The van der Waals surface area contributed by atoms with E-state index in [1.165, 1.54) is 36.8 Å². The maximum Gasteiger partial charge on any atom is 0.166 e. The Morgan fingerprint density at radius 1 is 1.13 bits per heavy atom. The van der Waals surface area contributed by atoms with Gasteiger partial charge in [0.2, 0.25) is 0 Å². The van der Waals surface area contributed by atoms with Crippen LogP contribution < -0.4 is 5.32 Å². The molecule has 0 amide bonds. The molecule has 0 bridgehead atoms. The molecule has 1 unspecified atom stereocenters. The number of carbonyl (C=O) groups excluding carboxylic acids is 1. The second kappa shape index (κ2) is 11.3. The average molecular weight is 334 g/mol. The summed E-state index contributed by atoms with van der Waals surface area (Å²) in [5, 5.41) is 5.63.